The fourth-order valence-corrected chi connectivity index (χ4v) is 3.49. The van der Waals surface area contributed by atoms with Crippen LogP contribution in [0, 0.1) is 0 Å². The van der Waals surface area contributed by atoms with E-state index in [4.69, 9.17) is 11.6 Å². The van der Waals surface area contributed by atoms with Crippen molar-refractivity contribution < 1.29 is 4.79 Å². The van der Waals surface area contributed by atoms with Gasteiger partial charge in [0.15, 0.2) is 0 Å². The minimum absolute atomic E-state index is 0.0843. The zero-order chi connectivity index (χ0) is 12.1. The minimum atomic E-state index is 0.0843. The number of rotatable bonds is 5. The van der Waals surface area contributed by atoms with Crippen LogP contribution in [0.25, 0.3) is 0 Å². The van der Waals surface area contributed by atoms with E-state index in [1.54, 1.807) is 11.3 Å². The molecular weight excluding hydrogens is 254 g/mol. The Hall–Kier alpha value is -0.540. The van der Waals surface area contributed by atoms with Crippen molar-refractivity contribution in [3.05, 3.63) is 21.9 Å². The quantitative estimate of drug-likeness (QED) is 0.646. The fourth-order valence-electron chi connectivity index (χ4n) is 2.31. The molecular formula is C13H18ClNOS. The number of alkyl halides is 1. The van der Waals surface area contributed by atoms with Gasteiger partial charge in [0.25, 0.3) is 0 Å². The third kappa shape index (κ3) is 3.23. The molecule has 0 spiro atoms. The van der Waals surface area contributed by atoms with Crippen molar-refractivity contribution >= 4 is 28.8 Å². The first kappa shape index (κ1) is 12.9. The van der Waals surface area contributed by atoms with Crippen molar-refractivity contribution in [2.45, 2.75) is 38.0 Å². The van der Waals surface area contributed by atoms with E-state index in [9.17, 15) is 4.79 Å². The standard InChI is InChI=1S/C13H18ClNOS/c14-7-1-2-8-15-13(16)11-4-3-5-12-10(11)6-9-17-12/h6,9,11H,1-5,7-8H2,(H,15,16). The van der Waals surface area contributed by atoms with Gasteiger partial charge >= 0.3 is 0 Å². The van der Waals surface area contributed by atoms with E-state index in [2.05, 4.69) is 16.8 Å². The number of carbonyl (C=O) groups excluding carboxylic acids is 1. The van der Waals surface area contributed by atoms with Gasteiger partial charge in [0.05, 0.1) is 5.92 Å². The van der Waals surface area contributed by atoms with Crippen molar-refractivity contribution in [2.75, 3.05) is 12.4 Å². The number of amides is 1. The largest absolute Gasteiger partial charge is 0.356 e. The molecule has 1 heterocycles. The summed E-state index contributed by atoms with van der Waals surface area (Å²) in [5.74, 6) is 0.952. The summed E-state index contributed by atoms with van der Waals surface area (Å²) in [7, 11) is 0. The first-order valence-corrected chi connectivity index (χ1v) is 7.64. The zero-order valence-electron chi connectivity index (χ0n) is 9.88. The van der Waals surface area contributed by atoms with Crippen molar-refractivity contribution in [3.63, 3.8) is 0 Å². The molecule has 1 aromatic rings. The SMILES string of the molecule is O=C(NCCCCCl)C1CCCc2sccc21. The Balaban J connectivity index is 1.89. The molecule has 1 unspecified atom stereocenters. The maximum Gasteiger partial charge on any atom is 0.227 e. The summed E-state index contributed by atoms with van der Waals surface area (Å²) in [4.78, 5) is 13.5. The lowest BCUT2D eigenvalue weighted by molar-refractivity contribution is -0.122. The van der Waals surface area contributed by atoms with Crippen LogP contribution in [-0.2, 0) is 11.2 Å². The number of hydrogen-bond acceptors (Lipinski definition) is 2. The highest BCUT2D eigenvalue weighted by atomic mass is 35.5. The van der Waals surface area contributed by atoms with E-state index < -0.39 is 0 Å². The van der Waals surface area contributed by atoms with Crippen LogP contribution in [-0.4, -0.2) is 18.3 Å². The maximum absolute atomic E-state index is 12.1. The van der Waals surface area contributed by atoms with Crippen molar-refractivity contribution in [3.8, 4) is 0 Å². The summed E-state index contributed by atoms with van der Waals surface area (Å²) >= 11 is 7.39. The smallest absolute Gasteiger partial charge is 0.227 e. The Morgan fingerprint density at radius 2 is 2.41 bits per heavy atom. The van der Waals surface area contributed by atoms with Gasteiger partial charge in [-0.05, 0) is 49.1 Å². The van der Waals surface area contributed by atoms with Crippen LogP contribution in [0.5, 0.6) is 0 Å². The average molecular weight is 272 g/mol. The van der Waals surface area contributed by atoms with Gasteiger partial charge in [-0.15, -0.1) is 22.9 Å². The number of carbonyl (C=O) groups is 1. The molecule has 0 aromatic carbocycles. The predicted octanol–water partition coefficient (Wildman–Crippen LogP) is 3.30. The van der Waals surface area contributed by atoms with Crippen LogP contribution < -0.4 is 5.32 Å². The van der Waals surface area contributed by atoms with Crippen LogP contribution >= 0.6 is 22.9 Å². The summed E-state index contributed by atoms with van der Waals surface area (Å²) < 4.78 is 0. The van der Waals surface area contributed by atoms with Gasteiger partial charge in [0.1, 0.15) is 0 Å². The molecule has 1 amide bonds. The van der Waals surface area contributed by atoms with Crippen LogP contribution in [0.4, 0.5) is 0 Å². The van der Waals surface area contributed by atoms with Gasteiger partial charge in [0, 0.05) is 17.3 Å². The number of halogens is 1. The third-order valence-electron chi connectivity index (χ3n) is 3.23. The lowest BCUT2D eigenvalue weighted by atomic mass is 9.87. The van der Waals surface area contributed by atoms with Gasteiger partial charge in [0.2, 0.25) is 5.91 Å². The Kier molecular flexibility index (Phi) is 4.86. The number of aryl methyl sites for hydroxylation is 1. The van der Waals surface area contributed by atoms with Crippen molar-refractivity contribution in [2.24, 2.45) is 0 Å². The molecule has 0 bridgehead atoms. The molecule has 17 heavy (non-hydrogen) atoms. The van der Waals surface area contributed by atoms with E-state index in [1.165, 1.54) is 10.4 Å². The number of thiophene rings is 1. The highest BCUT2D eigenvalue weighted by Crippen LogP contribution is 2.34. The van der Waals surface area contributed by atoms with Crippen LogP contribution in [0.1, 0.15) is 42.0 Å². The molecule has 2 rings (SSSR count). The summed E-state index contributed by atoms with van der Waals surface area (Å²) in [5.41, 5.74) is 1.26. The molecule has 1 atom stereocenters. The molecule has 0 saturated heterocycles. The van der Waals surface area contributed by atoms with Gasteiger partial charge < -0.3 is 5.32 Å². The number of nitrogens with one attached hydrogen (secondary N) is 1. The average Bonchev–Trinajstić information content (AvgIpc) is 2.82. The summed E-state index contributed by atoms with van der Waals surface area (Å²) in [5, 5.41) is 5.13. The second kappa shape index (κ2) is 6.41. The Morgan fingerprint density at radius 1 is 1.53 bits per heavy atom. The summed E-state index contributed by atoms with van der Waals surface area (Å²) in [6, 6.07) is 2.11. The molecule has 1 N–H and O–H groups in total. The lowest BCUT2D eigenvalue weighted by Gasteiger charge is -2.21. The number of unbranched alkanes of at least 4 members (excludes halogenated alkanes) is 1. The van der Waals surface area contributed by atoms with Gasteiger partial charge in [-0.2, -0.15) is 0 Å². The van der Waals surface area contributed by atoms with E-state index in [1.807, 2.05) is 0 Å². The molecule has 0 radical (unpaired) electrons. The second-order valence-electron chi connectivity index (χ2n) is 4.43. The first-order valence-electron chi connectivity index (χ1n) is 6.23. The highest BCUT2D eigenvalue weighted by Gasteiger charge is 2.26. The van der Waals surface area contributed by atoms with E-state index in [0.717, 1.165) is 38.6 Å². The molecule has 0 fully saturated rings. The molecule has 1 aliphatic rings. The molecule has 1 aliphatic carbocycles. The molecule has 4 heteroatoms. The topological polar surface area (TPSA) is 29.1 Å². The van der Waals surface area contributed by atoms with Gasteiger partial charge in [-0.3, -0.25) is 4.79 Å². The Labute approximate surface area is 111 Å². The monoisotopic (exact) mass is 271 g/mol. The molecule has 94 valence electrons. The van der Waals surface area contributed by atoms with Crippen molar-refractivity contribution in [1.29, 1.82) is 0 Å². The fraction of sp³-hybridized carbons (Fsp3) is 0.615. The maximum atomic E-state index is 12.1. The normalized spacial score (nSPS) is 18.8. The molecule has 2 nitrogen and oxygen atoms in total. The first-order chi connectivity index (χ1) is 8.33. The number of fused-ring (bicyclic) bond motifs is 1. The molecule has 0 aliphatic heterocycles. The van der Waals surface area contributed by atoms with E-state index >= 15 is 0 Å². The zero-order valence-corrected chi connectivity index (χ0v) is 11.4. The van der Waals surface area contributed by atoms with Crippen LogP contribution in [0.3, 0.4) is 0 Å². The molecule has 0 saturated carbocycles. The van der Waals surface area contributed by atoms with Crippen LogP contribution in [0.2, 0.25) is 0 Å². The number of hydrogen-bond donors (Lipinski definition) is 1. The second-order valence-corrected chi connectivity index (χ2v) is 5.81. The van der Waals surface area contributed by atoms with E-state index in [0.29, 0.717) is 5.88 Å². The minimum Gasteiger partial charge on any atom is -0.356 e. The summed E-state index contributed by atoms with van der Waals surface area (Å²) in [6.07, 6.45) is 5.20. The Bertz CT molecular complexity index is 377. The predicted molar refractivity (Wildman–Crippen MR) is 73.0 cm³/mol. The van der Waals surface area contributed by atoms with Crippen molar-refractivity contribution in [1.82, 2.24) is 5.32 Å². The van der Waals surface area contributed by atoms with Gasteiger partial charge in [-0.25, -0.2) is 0 Å². The van der Waals surface area contributed by atoms with E-state index in [-0.39, 0.29) is 11.8 Å². The Morgan fingerprint density at radius 3 is 3.24 bits per heavy atom. The van der Waals surface area contributed by atoms with Crippen LogP contribution in [0.15, 0.2) is 11.4 Å². The van der Waals surface area contributed by atoms with Gasteiger partial charge in [-0.1, -0.05) is 0 Å². The highest BCUT2D eigenvalue weighted by molar-refractivity contribution is 7.10. The lowest BCUT2D eigenvalue weighted by Crippen LogP contribution is -2.31. The molecule has 1 aromatic heterocycles. The third-order valence-corrected chi connectivity index (χ3v) is 4.49. The summed E-state index contributed by atoms with van der Waals surface area (Å²) in [6.45, 7) is 0.752.